The molecule has 5 heteroatoms. The number of aliphatic hydroxyl groups excluding tert-OH is 1. The normalized spacial score (nSPS) is 16.7. The molecule has 1 aliphatic heterocycles. The Bertz CT molecular complexity index is 1170. The van der Waals surface area contributed by atoms with Crippen LogP contribution in [0.1, 0.15) is 60.1 Å². The second-order valence-electron chi connectivity index (χ2n) is 9.04. The van der Waals surface area contributed by atoms with Crippen LogP contribution in [0.15, 0.2) is 77.4 Å². The molecule has 0 radical (unpaired) electrons. The number of carbonyl (C=O) groups is 2. The van der Waals surface area contributed by atoms with Crippen LogP contribution in [0, 0.1) is 0 Å². The lowest BCUT2D eigenvalue weighted by Crippen LogP contribution is -2.31. The van der Waals surface area contributed by atoms with Crippen LogP contribution in [0.4, 0.5) is 5.69 Å². The van der Waals surface area contributed by atoms with E-state index < -0.39 is 17.7 Å². The highest BCUT2D eigenvalue weighted by atomic mass is 32.1. The van der Waals surface area contributed by atoms with E-state index in [1.165, 1.54) is 21.8 Å². The maximum Gasteiger partial charge on any atom is 0.294 e. The number of Topliss-reactive ketones (excluding diaryl/α,β-unsaturated/α-hetero) is 1. The van der Waals surface area contributed by atoms with E-state index in [1.807, 2.05) is 53.9 Å². The predicted octanol–water partition coefficient (Wildman–Crippen LogP) is 6.39. The molecule has 4 rings (SSSR count). The molecule has 3 aromatic rings. The van der Waals surface area contributed by atoms with Gasteiger partial charge in [-0.25, -0.2) is 0 Å². The van der Waals surface area contributed by atoms with Gasteiger partial charge >= 0.3 is 0 Å². The van der Waals surface area contributed by atoms with Crippen molar-refractivity contribution in [3.05, 3.63) is 98.9 Å². The fraction of sp³-hybridized carbons (Fsp3) is 0.259. The van der Waals surface area contributed by atoms with E-state index in [0.717, 1.165) is 17.5 Å². The molecule has 164 valence electrons. The van der Waals surface area contributed by atoms with Gasteiger partial charge in [-0.3, -0.25) is 14.5 Å². The van der Waals surface area contributed by atoms with E-state index in [0.29, 0.717) is 10.6 Å². The quantitative estimate of drug-likeness (QED) is 0.463. The van der Waals surface area contributed by atoms with E-state index in [9.17, 15) is 14.7 Å². The van der Waals surface area contributed by atoms with E-state index in [2.05, 4.69) is 27.7 Å². The van der Waals surface area contributed by atoms with Gasteiger partial charge in [-0.05, 0) is 52.1 Å². The van der Waals surface area contributed by atoms with Crippen molar-refractivity contribution in [1.82, 2.24) is 0 Å². The molecule has 1 aliphatic rings. The zero-order valence-corrected chi connectivity index (χ0v) is 19.6. The van der Waals surface area contributed by atoms with Gasteiger partial charge in [0, 0.05) is 5.69 Å². The third-order valence-corrected chi connectivity index (χ3v) is 6.78. The Hall–Kier alpha value is -3.18. The fourth-order valence-electron chi connectivity index (χ4n) is 4.02. The summed E-state index contributed by atoms with van der Waals surface area (Å²) in [6.45, 7) is 8.47. The summed E-state index contributed by atoms with van der Waals surface area (Å²) in [5.41, 5.74) is 3.85. The van der Waals surface area contributed by atoms with Crippen LogP contribution >= 0.6 is 11.3 Å². The molecule has 0 fully saturated rings. The topological polar surface area (TPSA) is 57.6 Å². The summed E-state index contributed by atoms with van der Waals surface area (Å²) in [6, 6.07) is 18.5. The van der Waals surface area contributed by atoms with Gasteiger partial charge < -0.3 is 5.11 Å². The molecule has 0 saturated carbocycles. The number of hydrogen-bond acceptors (Lipinski definition) is 4. The molecule has 0 bridgehead atoms. The van der Waals surface area contributed by atoms with Crippen molar-refractivity contribution >= 4 is 28.7 Å². The lowest BCUT2D eigenvalue weighted by Gasteiger charge is -2.28. The summed E-state index contributed by atoms with van der Waals surface area (Å²) in [7, 11) is 0. The van der Waals surface area contributed by atoms with Gasteiger partial charge in [-0.2, -0.15) is 0 Å². The molecule has 1 N–H and O–H groups in total. The van der Waals surface area contributed by atoms with E-state index in [4.69, 9.17) is 0 Å². The lowest BCUT2D eigenvalue weighted by molar-refractivity contribution is -0.117. The van der Waals surface area contributed by atoms with Crippen LogP contribution in [0.3, 0.4) is 0 Å². The van der Waals surface area contributed by atoms with Crippen molar-refractivity contribution in [1.29, 1.82) is 0 Å². The highest BCUT2D eigenvalue weighted by molar-refractivity contribution is 7.12. The number of aliphatic hydroxyl groups is 1. The van der Waals surface area contributed by atoms with Gasteiger partial charge in [0.15, 0.2) is 5.76 Å². The molecular weight excluding hydrogens is 418 g/mol. The Morgan fingerprint density at radius 2 is 1.69 bits per heavy atom. The second kappa shape index (κ2) is 8.40. The molecule has 4 nitrogen and oxygen atoms in total. The van der Waals surface area contributed by atoms with Crippen LogP contribution in [0.2, 0.25) is 0 Å². The predicted molar refractivity (Wildman–Crippen MR) is 129 cm³/mol. The Morgan fingerprint density at radius 3 is 2.22 bits per heavy atom. The first kappa shape index (κ1) is 22.0. The SMILES string of the molecule is CCc1ccc(C2C(C(=O)c3cccs3)=C(O)C(=O)N2c2ccc(C(C)(C)C)cc2)cc1. The first-order valence-corrected chi connectivity index (χ1v) is 11.6. The molecule has 0 spiro atoms. The van der Waals surface area contributed by atoms with E-state index in [1.54, 1.807) is 12.1 Å². The number of anilines is 1. The highest BCUT2D eigenvalue weighted by Crippen LogP contribution is 2.42. The smallest absolute Gasteiger partial charge is 0.294 e. The van der Waals surface area contributed by atoms with Gasteiger partial charge in [0.25, 0.3) is 5.91 Å². The van der Waals surface area contributed by atoms with E-state index in [-0.39, 0.29) is 16.8 Å². The van der Waals surface area contributed by atoms with Crippen molar-refractivity contribution in [2.24, 2.45) is 0 Å². The number of hydrogen-bond donors (Lipinski definition) is 1. The Balaban J connectivity index is 1.83. The van der Waals surface area contributed by atoms with Crippen LogP contribution in [-0.2, 0) is 16.6 Å². The van der Waals surface area contributed by atoms with Crippen LogP contribution in [-0.4, -0.2) is 16.8 Å². The highest BCUT2D eigenvalue weighted by Gasteiger charge is 2.44. The Kier molecular flexibility index (Phi) is 5.78. The first-order chi connectivity index (χ1) is 15.2. The Labute approximate surface area is 192 Å². The zero-order chi connectivity index (χ0) is 23.0. The number of rotatable bonds is 5. The molecule has 0 aliphatic carbocycles. The van der Waals surface area contributed by atoms with Crippen molar-refractivity contribution in [3.8, 4) is 0 Å². The zero-order valence-electron chi connectivity index (χ0n) is 18.8. The second-order valence-corrected chi connectivity index (χ2v) is 9.99. The number of nitrogens with zero attached hydrogens (tertiary/aromatic N) is 1. The van der Waals surface area contributed by atoms with Crippen molar-refractivity contribution in [2.45, 2.75) is 45.6 Å². The van der Waals surface area contributed by atoms with Gasteiger partial charge in [0.1, 0.15) is 0 Å². The minimum absolute atomic E-state index is 0.0242. The minimum Gasteiger partial charge on any atom is -0.503 e. The summed E-state index contributed by atoms with van der Waals surface area (Å²) in [5, 5.41) is 12.7. The molecule has 1 amide bonds. The number of benzene rings is 2. The summed E-state index contributed by atoms with van der Waals surface area (Å²) < 4.78 is 0. The van der Waals surface area contributed by atoms with Gasteiger partial charge in [0.2, 0.25) is 5.78 Å². The Morgan fingerprint density at radius 1 is 1.03 bits per heavy atom. The third kappa shape index (κ3) is 3.89. The maximum atomic E-state index is 13.3. The van der Waals surface area contributed by atoms with Gasteiger partial charge in [0.05, 0.1) is 16.5 Å². The third-order valence-electron chi connectivity index (χ3n) is 5.91. The van der Waals surface area contributed by atoms with Crippen LogP contribution in [0.25, 0.3) is 0 Å². The molecule has 2 aromatic carbocycles. The molecular formula is C27H27NO3S. The number of carbonyl (C=O) groups excluding carboxylic acids is 2. The van der Waals surface area contributed by atoms with Gasteiger partial charge in [-0.1, -0.05) is 70.2 Å². The van der Waals surface area contributed by atoms with E-state index >= 15 is 0 Å². The average Bonchev–Trinajstić information content (AvgIpc) is 3.40. The maximum absolute atomic E-state index is 13.3. The fourth-order valence-corrected chi connectivity index (χ4v) is 4.69. The summed E-state index contributed by atoms with van der Waals surface area (Å²) in [5.74, 6) is -1.35. The number of thiophene rings is 1. The monoisotopic (exact) mass is 445 g/mol. The molecule has 0 saturated heterocycles. The van der Waals surface area contributed by atoms with Crippen molar-refractivity contribution in [2.75, 3.05) is 4.90 Å². The first-order valence-electron chi connectivity index (χ1n) is 10.8. The summed E-state index contributed by atoms with van der Waals surface area (Å²) in [6.07, 6.45) is 0.893. The van der Waals surface area contributed by atoms with Crippen LogP contribution in [0.5, 0.6) is 0 Å². The number of amides is 1. The average molecular weight is 446 g/mol. The molecule has 1 atom stereocenters. The van der Waals surface area contributed by atoms with Crippen molar-refractivity contribution in [3.63, 3.8) is 0 Å². The molecule has 1 unspecified atom stereocenters. The number of ketones is 1. The minimum atomic E-state index is -0.691. The summed E-state index contributed by atoms with van der Waals surface area (Å²) >= 11 is 1.30. The van der Waals surface area contributed by atoms with Gasteiger partial charge in [-0.15, -0.1) is 11.3 Å². The molecule has 2 heterocycles. The molecule has 1 aromatic heterocycles. The summed E-state index contributed by atoms with van der Waals surface area (Å²) in [4.78, 5) is 28.6. The lowest BCUT2D eigenvalue weighted by atomic mass is 9.87. The largest absolute Gasteiger partial charge is 0.503 e. The molecule has 32 heavy (non-hydrogen) atoms. The standard InChI is InChI=1S/C27H27NO3S/c1-5-17-8-10-18(11-9-17)23-22(24(29)21-7-6-16-32-21)25(30)26(31)28(23)20-14-12-19(13-15-20)27(2,3)4/h6-16,23,30H,5H2,1-4H3. The van der Waals surface area contributed by atoms with Crippen LogP contribution < -0.4 is 4.90 Å². The van der Waals surface area contributed by atoms with Crippen molar-refractivity contribution < 1.29 is 14.7 Å². The number of aryl methyl sites for hydroxylation is 1.